The Morgan fingerprint density at radius 1 is 0.892 bits per heavy atom. The third kappa shape index (κ3) is 8.07. The number of halogens is 1. The van der Waals surface area contributed by atoms with E-state index in [-0.39, 0.29) is 30.6 Å². The normalized spacial score (nSPS) is 11.5. The first kappa shape index (κ1) is 27.7. The van der Waals surface area contributed by atoms with Crippen LogP contribution in [-0.4, -0.2) is 43.5 Å². The first-order chi connectivity index (χ1) is 17.9. The average molecular weight is 507 g/mol. The molecule has 1 N–H and O–H groups in total. The van der Waals surface area contributed by atoms with Gasteiger partial charge < -0.3 is 19.7 Å². The van der Waals surface area contributed by atoms with Crippen molar-refractivity contribution in [2.45, 2.75) is 45.2 Å². The number of aryl methyl sites for hydroxylation is 1. The van der Waals surface area contributed by atoms with Crippen LogP contribution in [0.3, 0.4) is 0 Å². The number of rotatable bonds is 13. The Bertz CT molecular complexity index is 1150. The third-order valence-electron chi connectivity index (χ3n) is 6.16. The quantitative estimate of drug-likeness (QED) is 0.357. The number of nitrogens with one attached hydrogen (secondary N) is 1. The molecule has 1 atom stereocenters. The number of amides is 2. The zero-order valence-electron chi connectivity index (χ0n) is 21.7. The Hall–Kier alpha value is -3.87. The summed E-state index contributed by atoms with van der Waals surface area (Å²) in [6.45, 7) is 2.70. The molecule has 0 aromatic heterocycles. The molecule has 3 rings (SSSR count). The lowest BCUT2D eigenvalue weighted by atomic mass is 10.0. The number of methoxy groups -OCH3 is 2. The molecule has 0 saturated heterocycles. The minimum Gasteiger partial charge on any atom is -0.493 e. The second kappa shape index (κ2) is 14.0. The number of hydrogen-bond donors (Lipinski definition) is 1. The van der Waals surface area contributed by atoms with Crippen LogP contribution in [-0.2, 0) is 29.0 Å². The van der Waals surface area contributed by atoms with Gasteiger partial charge in [-0.15, -0.1) is 0 Å². The summed E-state index contributed by atoms with van der Waals surface area (Å²) in [5.41, 5.74) is 2.63. The van der Waals surface area contributed by atoms with Crippen molar-refractivity contribution in [2.75, 3.05) is 20.8 Å². The monoisotopic (exact) mass is 506 g/mol. The summed E-state index contributed by atoms with van der Waals surface area (Å²) in [6, 6.07) is 20.5. The molecule has 3 aromatic rings. The maximum Gasteiger partial charge on any atom is 0.243 e. The van der Waals surface area contributed by atoms with Crippen LogP contribution in [0.2, 0.25) is 0 Å². The molecule has 7 heteroatoms. The van der Waals surface area contributed by atoms with Gasteiger partial charge in [0.15, 0.2) is 11.5 Å². The second-order valence-electron chi connectivity index (χ2n) is 8.83. The minimum absolute atomic E-state index is 0.160. The SMILES string of the molecule is CCCNC(=O)[C@@H](Cc1ccccc1)N(Cc1ccc(F)cc1)C(=O)CCc1ccc(OC)c(OC)c1. The Kier molecular flexibility index (Phi) is 10.5. The van der Waals surface area contributed by atoms with E-state index in [1.807, 2.05) is 55.5 Å². The van der Waals surface area contributed by atoms with Crippen LogP contribution in [0.25, 0.3) is 0 Å². The second-order valence-corrected chi connectivity index (χ2v) is 8.83. The predicted octanol–water partition coefficient (Wildman–Crippen LogP) is 4.94. The third-order valence-corrected chi connectivity index (χ3v) is 6.16. The maximum absolute atomic E-state index is 13.7. The lowest BCUT2D eigenvalue weighted by Crippen LogP contribution is -2.50. The van der Waals surface area contributed by atoms with Gasteiger partial charge in [0.25, 0.3) is 0 Å². The molecular formula is C30H35FN2O4. The van der Waals surface area contributed by atoms with E-state index in [0.29, 0.717) is 30.9 Å². The summed E-state index contributed by atoms with van der Waals surface area (Å²) >= 11 is 0. The Morgan fingerprint density at radius 2 is 1.57 bits per heavy atom. The standard InChI is InChI=1S/C30H35FN2O4/c1-4-18-32-30(35)26(19-22-8-6-5-7-9-22)33(21-24-10-14-25(31)15-11-24)29(34)17-13-23-12-16-27(36-2)28(20-23)37-3/h5-12,14-16,20,26H,4,13,17-19,21H2,1-3H3,(H,32,35)/t26-/m1/s1. The molecule has 0 saturated carbocycles. The van der Waals surface area contributed by atoms with Crippen LogP contribution in [0, 0.1) is 5.82 Å². The molecule has 0 fully saturated rings. The van der Waals surface area contributed by atoms with Crippen molar-refractivity contribution in [2.24, 2.45) is 0 Å². The van der Waals surface area contributed by atoms with Crippen LogP contribution in [0.1, 0.15) is 36.5 Å². The van der Waals surface area contributed by atoms with Gasteiger partial charge in [0.1, 0.15) is 11.9 Å². The average Bonchev–Trinajstić information content (AvgIpc) is 2.93. The van der Waals surface area contributed by atoms with Gasteiger partial charge in [0.2, 0.25) is 11.8 Å². The van der Waals surface area contributed by atoms with Gasteiger partial charge in [-0.05, 0) is 53.8 Å². The van der Waals surface area contributed by atoms with E-state index in [1.54, 1.807) is 31.3 Å². The van der Waals surface area contributed by atoms with E-state index < -0.39 is 6.04 Å². The number of ether oxygens (including phenoxy) is 2. The van der Waals surface area contributed by atoms with E-state index in [2.05, 4.69) is 5.32 Å². The molecule has 0 unspecified atom stereocenters. The molecule has 196 valence electrons. The van der Waals surface area contributed by atoms with Crippen LogP contribution in [0.4, 0.5) is 4.39 Å². The van der Waals surface area contributed by atoms with Gasteiger partial charge in [0, 0.05) is 25.9 Å². The van der Waals surface area contributed by atoms with Crippen molar-refractivity contribution in [3.63, 3.8) is 0 Å². The fourth-order valence-electron chi connectivity index (χ4n) is 4.14. The zero-order valence-corrected chi connectivity index (χ0v) is 21.7. The summed E-state index contributed by atoms with van der Waals surface area (Å²) in [5.74, 6) is 0.498. The molecular weight excluding hydrogens is 471 g/mol. The van der Waals surface area contributed by atoms with E-state index in [9.17, 15) is 14.0 Å². The highest BCUT2D eigenvalue weighted by atomic mass is 19.1. The van der Waals surface area contributed by atoms with Crippen molar-refractivity contribution in [3.05, 3.63) is 95.3 Å². The smallest absolute Gasteiger partial charge is 0.243 e. The molecule has 3 aromatic carbocycles. The molecule has 0 radical (unpaired) electrons. The summed E-state index contributed by atoms with van der Waals surface area (Å²) in [4.78, 5) is 28.6. The van der Waals surface area contributed by atoms with Crippen molar-refractivity contribution in [1.29, 1.82) is 0 Å². The van der Waals surface area contributed by atoms with E-state index in [1.165, 1.54) is 12.1 Å². The lowest BCUT2D eigenvalue weighted by Gasteiger charge is -2.31. The number of hydrogen-bond acceptors (Lipinski definition) is 4. The van der Waals surface area contributed by atoms with Crippen LogP contribution in [0.5, 0.6) is 11.5 Å². The summed E-state index contributed by atoms with van der Waals surface area (Å²) in [5, 5.41) is 2.96. The van der Waals surface area contributed by atoms with Gasteiger partial charge in [0.05, 0.1) is 14.2 Å². The number of benzene rings is 3. The number of carbonyl (C=O) groups excluding carboxylic acids is 2. The molecule has 37 heavy (non-hydrogen) atoms. The van der Waals surface area contributed by atoms with Crippen molar-refractivity contribution >= 4 is 11.8 Å². The van der Waals surface area contributed by atoms with Crippen LogP contribution >= 0.6 is 0 Å². The molecule has 6 nitrogen and oxygen atoms in total. The Labute approximate surface area is 218 Å². The highest BCUT2D eigenvalue weighted by molar-refractivity contribution is 5.88. The van der Waals surface area contributed by atoms with E-state index in [4.69, 9.17) is 9.47 Å². The summed E-state index contributed by atoms with van der Waals surface area (Å²) < 4.78 is 24.3. The van der Waals surface area contributed by atoms with Crippen molar-refractivity contribution in [3.8, 4) is 11.5 Å². The predicted molar refractivity (Wildman–Crippen MR) is 142 cm³/mol. The highest BCUT2D eigenvalue weighted by Crippen LogP contribution is 2.28. The molecule has 0 aliphatic carbocycles. The molecule has 0 bridgehead atoms. The fraction of sp³-hybridized carbons (Fsp3) is 0.333. The molecule has 2 amide bonds. The number of carbonyl (C=O) groups is 2. The minimum atomic E-state index is -0.711. The van der Waals surface area contributed by atoms with E-state index in [0.717, 1.165) is 23.1 Å². The van der Waals surface area contributed by atoms with Gasteiger partial charge in [-0.3, -0.25) is 9.59 Å². The molecule has 0 aliphatic heterocycles. The summed E-state index contributed by atoms with van der Waals surface area (Å²) in [7, 11) is 3.14. The largest absolute Gasteiger partial charge is 0.493 e. The van der Waals surface area contributed by atoms with Gasteiger partial charge in [-0.2, -0.15) is 0 Å². The fourth-order valence-corrected chi connectivity index (χ4v) is 4.14. The molecule has 0 heterocycles. The lowest BCUT2D eigenvalue weighted by molar-refractivity contribution is -0.141. The van der Waals surface area contributed by atoms with E-state index >= 15 is 0 Å². The molecule has 0 spiro atoms. The number of nitrogens with zero attached hydrogens (tertiary/aromatic N) is 1. The Balaban J connectivity index is 1.88. The Morgan fingerprint density at radius 3 is 2.22 bits per heavy atom. The van der Waals surface area contributed by atoms with Crippen LogP contribution < -0.4 is 14.8 Å². The summed E-state index contributed by atoms with van der Waals surface area (Å²) in [6.07, 6.45) is 1.82. The maximum atomic E-state index is 13.7. The van der Waals surface area contributed by atoms with Gasteiger partial charge in [-0.1, -0.05) is 55.5 Å². The van der Waals surface area contributed by atoms with Gasteiger partial charge >= 0.3 is 0 Å². The van der Waals surface area contributed by atoms with Crippen molar-refractivity contribution < 1.29 is 23.5 Å². The first-order valence-corrected chi connectivity index (χ1v) is 12.5. The molecule has 0 aliphatic rings. The topological polar surface area (TPSA) is 67.9 Å². The first-order valence-electron chi connectivity index (χ1n) is 12.5. The zero-order chi connectivity index (χ0) is 26.6. The van der Waals surface area contributed by atoms with Gasteiger partial charge in [-0.25, -0.2) is 4.39 Å². The van der Waals surface area contributed by atoms with Crippen molar-refractivity contribution in [1.82, 2.24) is 10.2 Å². The van der Waals surface area contributed by atoms with Crippen LogP contribution in [0.15, 0.2) is 72.8 Å². The highest BCUT2D eigenvalue weighted by Gasteiger charge is 2.30.